The third kappa shape index (κ3) is 3.55. The number of cyclic esters (lactones) is 1. The Bertz CT molecular complexity index is 1110. The van der Waals surface area contributed by atoms with Crippen molar-refractivity contribution in [3.05, 3.63) is 94.8 Å². The highest BCUT2D eigenvalue weighted by Crippen LogP contribution is 2.43. The number of amides is 2. The highest BCUT2D eigenvalue weighted by Gasteiger charge is 2.46. The number of halogens is 2. The molecule has 0 radical (unpaired) electrons. The zero-order chi connectivity index (χ0) is 21.3. The first-order valence-corrected chi connectivity index (χ1v) is 9.38. The molecule has 30 heavy (non-hydrogen) atoms. The van der Waals surface area contributed by atoms with Crippen LogP contribution < -0.4 is 10.2 Å². The Hall–Kier alpha value is -3.58. The Morgan fingerprint density at radius 3 is 2.47 bits per heavy atom. The van der Waals surface area contributed by atoms with Crippen LogP contribution in [0.1, 0.15) is 11.1 Å². The normalized spacial score (nSPS) is 17.5. The lowest BCUT2D eigenvalue weighted by Gasteiger charge is -2.41. The summed E-state index contributed by atoms with van der Waals surface area (Å²) in [6.07, 6.45) is -2.01. The molecule has 0 fully saturated rings. The number of carbonyl (C=O) groups excluding carboxylic acids is 1. The summed E-state index contributed by atoms with van der Waals surface area (Å²) in [6.45, 7) is -0.265. The maximum absolute atomic E-state index is 13.4. The van der Waals surface area contributed by atoms with Gasteiger partial charge in [-0.15, -0.1) is 0 Å². The number of hydrogen-bond donors (Lipinski definition) is 2. The largest absolute Gasteiger partial charge is 0.465 e. The van der Waals surface area contributed by atoms with Crippen LogP contribution >= 0.6 is 11.6 Å². The van der Waals surface area contributed by atoms with E-state index >= 15 is 0 Å². The van der Waals surface area contributed by atoms with Gasteiger partial charge >= 0.3 is 12.2 Å². The molecule has 2 amide bonds. The van der Waals surface area contributed by atoms with E-state index in [1.165, 1.54) is 24.3 Å². The number of nitrogens with zero attached hydrogens (tertiary/aromatic N) is 1. The smallest absolute Gasteiger partial charge is 0.412 e. The molecular formula is C22H16ClFN2O4. The van der Waals surface area contributed by atoms with Gasteiger partial charge in [-0.05, 0) is 42.5 Å². The van der Waals surface area contributed by atoms with Crippen molar-refractivity contribution in [3.63, 3.8) is 0 Å². The van der Waals surface area contributed by atoms with Crippen molar-refractivity contribution in [2.45, 2.75) is 5.60 Å². The van der Waals surface area contributed by atoms with E-state index in [0.29, 0.717) is 21.8 Å². The van der Waals surface area contributed by atoms with Gasteiger partial charge in [-0.2, -0.15) is 0 Å². The van der Waals surface area contributed by atoms with Gasteiger partial charge in [-0.25, -0.2) is 14.0 Å². The fourth-order valence-corrected chi connectivity index (χ4v) is 3.72. The highest BCUT2D eigenvalue weighted by atomic mass is 35.5. The lowest BCUT2D eigenvalue weighted by Crippen LogP contribution is -2.50. The van der Waals surface area contributed by atoms with Gasteiger partial charge in [0, 0.05) is 21.8 Å². The second-order valence-corrected chi connectivity index (χ2v) is 7.18. The Labute approximate surface area is 176 Å². The molecule has 1 aliphatic heterocycles. The summed E-state index contributed by atoms with van der Waals surface area (Å²) in [5, 5.41) is 12.9. The molecule has 152 valence electrons. The van der Waals surface area contributed by atoms with Crippen LogP contribution in [0.2, 0.25) is 5.02 Å². The van der Waals surface area contributed by atoms with Crippen LogP contribution in [-0.2, 0) is 10.3 Å². The van der Waals surface area contributed by atoms with E-state index in [1.54, 1.807) is 48.5 Å². The van der Waals surface area contributed by atoms with Crippen LogP contribution in [0.5, 0.6) is 0 Å². The van der Waals surface area contributed by atoms with Crippen molar-refractivity contribution in [1.29, 1.82) is 0 Å². The minimum Gasteiger partial charge on any atom is -0.465 e. The summed E-state index contributed by atoms with van der Waals surface area (Å²) >= 11 is 6.22. The van der Waals surface area contributed by atoms with Gasteiger partial charge in [0.05, 0.1) is 12.2 Å². The Morgan fingerprint density at radius 2 is 1.80 bits per heavy atom. The summed E-state index contributed by atoms with van der Waals surface area (Å²) in [5.74, 6) is -0.493. The highest BCUT2D eigenvalue weighted by molar-refractivity contribution is 6.30. The number of rotatable bonds is 4. The zero-order valence-electron chi connectivity index (χ0n) is 15.5. The number of carboxylic acid groups (broad SMARTS) is 1. The molecular weight excluding hydrogens is 411 g/mol. The molecule has 3 aromatic rings. The van der Waals surface area contributed by atoms with Crippen LogP contribution in [0.25, 0.3) is 0 Å². The number of carbonyl (C=O) groups is 2. The van der Waals surface area contributed by atoms with Gasteiger partial charge in [0.2, 0.25) is 0 Å². The summed E-state index contributed by atoms with van der Waals surface area (Å²) in [7, 11) is 0. The van der Waals surface area contributed by atoms with E-state index in [4.69, 9.17) is 16.3 Å². The first-order chi connectivity index (χ1) is 14.4. The van der Waals surface area contributed by atoms with E-state index < -0.39 is 23.6 Å². The monoisotopic (exact) mass is 426 g/mol. The van der Waals surface area contributed by atoms with E-state index in [1.807, 2.05) is 0 Å². The molecule has 1 heterocycles. The van der Waals surface area contributed by atoms with Crippen molar-refractivity contribution in [2.75, 3.05) is 16.8 Å². The fourth-order valence-electron chi connectivity index (χ4n) is 3.55. The second kappa shape index (κ2) is 7.68. The Kier molecular flexibility index (Phi) is 5.05. The Balaban J connectivity index is 1.92. The SMILES string of the molecule is O=C1Nc2ccc(Cl)cc2C(CN(C(=O)O)c2ccc(F)cc2)(c2ccccc2)O1. The van der Waals surface area contributed by atoms with Crippen molar-refractivity contribution in [3.8, 4) is 0 Å². The summed E-state index contributed by atoms with van der Waals surface area (Å²) < 4.78 is 19.2. The predicted molar refractivity (Wildman–Crippen MR) is 111 cm³/mol. The van der Waals surface area contributed by atoms with Crippen LogP contribution in [0.3, 0.4) is 0 Å². The van der Waals surface area contributed by atoms with Gasteiger partial charge in [0.25, 0.3) is 0 Å². The predicted octanol–water partition coefficient (Wildman–Crippen LogP) is 5.47. The molecule has 0 saturated heterocycles. The van der Waals surface area contributed by atoms with Gasteiger partial charge < -0.3 is 9.84 Å². The fraction of sp³-hybridized carbons (Fsp3) is 0.0909. The van der Waals surface area contributed by atoms with E-state index in [-0.39, 0.29) is 12.2 Å². The number of nitrogens with one attached hydrogen (secondary N) is 1. The van der Waals surface area contributed by atoms with Crippen LogP contribution in [0.4, 0.5) is 25.4 Å². The quantitative estimate of drug-likeness (QED) is 0.579. The summed E-state index contributed by atoms with van der Waals surface area (Å²) in [6, 6.07) is 18.7. The van der Waals surface area contributed by atoms with Crippen molar-refractivity contribution >= 4 is 35.2 Å². The molecule has 0 aliphatic carbocycles. The summed E-state index contributed by atoms with van der Waals surface area (Å²) in [5.41, 5.74) is 0.295. The molecule has 0 bridgehead atoms. The van der Waals surface area contributed by atoms with Gasteiger partial charge in [-0.3, -0.25) is 10.2 Å². The second-order valence-electron chi connectivity index (χ2n) is 6.74. The van der Waals surface area contributed by atoms with E-state index in [2.05, 4.69) is 5.32 Å². The van der Waals surface area contributed by atoms with Gasteiger partial charge in [-0.1, -0.05) is 41.9 Å². The number of ether oxygens (including phenoxy) is 1. The first-order valence-electron chi connectivity index (χ1n) is 9.01. The maximum Gasteiger partial charge on any atom is 0.412 e. The average Bonchev–Trinajstić information content (AvgIpc) is 2.73. The molecule has 2 N–H and O–H groups in total. The number of fused-ring (bicyclic) bond motifs is 1. The van der Waals surface area contributed by atoms with Crippen molar-refractivity contribution in [2.24, 2.45) is 0 Å². The third-order valence-electron chi connectivity index (χ3n) is 4.91. The molecule has 8 heteroatoms. The number of hydrogen-bond acceptors (Lipinski definition) is 3. The van der Waals surface area contributed by atoms with Crippen molar-refractivity contribution in [1.82, 2.24) is 0 Å². The minimum atomic E-state index is -1.48. The van der Waals surface area contributed by atoms with Crippen molar-refractivity contribution < 1.29 is 23.8 Å². The molecule has 6 nitrogen and oxygen atoms in total. The first kappa shape index (κ1) is 19.7. The molecule has 0 saturated carbocycles. The standard InChI is InChI=1S/C22H16ClFN2O4/c23-15-6-11-19-18(12-15)22(30-20(27)25-19,14-4-2-1-3-5-14)13-26(21(28)29)17-9-7-16(24)8-10-17/h1-12H,13H2,(H,25,27)(H,28,29). The Morgan fingerprint density at radius 1 is 1.10 bits per heavy atom. The molecule has 1 unspecified atom stereocenters. The maximum atomic E-state index is 13.4. The molecule has 4 rings (SSSR count). The topological polar surface area (TPSA) is 78.9 Å². The molecule has 0 spiro atoms. The molecule has 1 aliphatic rings. The molecule has 0 aromatic heterocycles. The zero-order valence-corrected chi connectivity index (χ0v) is 16.3. The van der Waals surface area contributed by atoms with Crippen LogP contribution in [0.15, 0.2) is 72.8 Å². The minimum absolute atomic E-state index is 0.234. The number of anilines is 2. The van der Waals surface area contributed by atoms with E-state index in [0.717, 1.165) is 4.90 Å². The van der Waals surface area contributed by atoms with E-state index in [9.17, 15) is 19.1 Å². The van der Waals surface area contributed by atoms with Gasteiger partial charge in [0.15, 0.2) is 5.60 Å². The average molecular weight is 427 g/mol. The number of benzene rings is 3. The lowest BCUT2D eigenvalue weighted by molar-refractivity contribution is 0.0488. The summed E-state index contributed by atoms with van der Waals surface area (Å²) in [4.78, 5) is 25.6. The third-order valence-corrected chi connectivity index (χ3v) is 5.15. The molecule has 1 atom stereocenters. The van der Waals surface area contributed by atoms with Crippen LogP contribution in [0, 0.1) is 5.82 Å². The lowest BCUT2D eigenvalue weighted by atomic mass is 9.83. The van der Waals surface area contributed by atoms with Crippen LogP contribution in [-0.4, -0.2) is 23.8 Å². The van der Waals surface area contributed by atoms with Gasteiger partial charge in [0.1, 0.15) is 5.82 Å². The molecule has 3 aromatic carbocycles.